The molecule has 1 aliphatic rings. The maximum absolute atomic E-state index is 5.42. The Morgan fingerprint density at radius 3 is 2.71 bits per heavy atom. The maximum atomic E-state index is 5.42. The molecule has 21 heavy (non-hydrogen) atoms. The van der Waals surface area contributed by atoms with Crippen molar-refractivity contribution in [3.63, 3.8) is 0 Å². The zero-order chi connectivity index (χ0) is 14.7. The highest BCUT2D eigenvalue weighted by atomic mass is 16.5. The van der Waals surface area contributed by atoms with Gasteiger partial charge in [-0.1, -0.05) is 12.1 Å². The normalized spacial score (nSPS) is 22.2. The Kier molecular flexibility index (Phi) is 4.20. The van der Waals surface area contributed by atoms with E-state index in [2.05, 4.69) is 32.6 Å². The van der Waals surface area contributed by atoms with Gasteiger partial charge in [0.05, 0.1) is 6.10 Å². The third-order valence-electron chi connectivity index (χ3n) is 4.10. The highest BCUT2D eigenvalue weighted by Crippen LogP contribution is 2.25. The molecule has 2 N–H and O–H groups in total. The van der Waals surface area contributed by atoms with Gasteiger partial charge in [0.15, 0.2) is 5.82 Å². The molecule has 1 aromatic heterocycles. The molecule has 1 fully saturated rings. The van der Waals surface area contributed by atoms with Crippen LogP contribution in [0.15, 0.2) is 24.3 Å². The fourth-order valence-corrected chi connectivity index (χ4v) is 2.90. The van der Waals surface area contributed by atoms with Crippen LogP contribution in [0, 0.1) is 6.92 Å². The predicted molar refractivity (Wildman–Crippen MR) is 83.2 cm³/mol. The summed E-state index contributed by atoms with van der Waals surface area (Å²) in [6, 6.07) is 8.83. The number of rotatable bonds is 4. The third kappa shape index (κ3) is 3.42. The minimum absolute atomic E-state index is 0.436. The van der Waals surface area contributed by atoms with Gasteiger partial charge in [-0.25, -0.2) is 4.98 Å². The van der Waals surface area contributed by atoms with Crippen LogP contribution in [-0.2, 0) is 4.74 Å². The highest BCUT2D eigenvalue weighted by molar-refractivity contribution is 5.62. The van der Waals surface area contributed by atoms with E-state index in [4.69, 9.17) is 4.74 Å². The van der Waals surface area contributed by atoms with Gasteiger partial charge in [-0.2, -0.15) is 5.10 Å². The first-order chi connectivity index (χ1) is 10.2. The Morgan fingerprint density at radius 1 is 1.24 bits per heavy atom. The van der Waals surface area contributed by atoms with Crippen LogP contribution in [0.4, 0.5) is 5.69 Å². The van der Waals surface area contributed by atoms with E-state index in [1.165, 1.54) is 0 Å². The average Bonchev–Trinajstić information content (AvgIpc) is 2.95. The number of hydrogen-bond donors (Lipinski definition) is 2. The molecule has 0 radical (unpaired) electrons. The van der Waals surface area contributed by atoms with Crippen molar-refractivity contribution in [2.45, 2.75) is 44.8 Å². The van der Waals surface area contributed by atoms with E-state index in [9.17, 15) is 0 Å². The lowest BCUT2D eigenvalue weighted by Gasteiger charge is -2.29. The van der Waals surface area contributed by atoms with Gasteiger partial charge in [-0.3, -0.25) is 5.10 Å². The number of nitrogens with zero attached hydrogens (tertiary/aromatic N) is 2. The topological polar surface area (TPSA) is 62.8 Å². The van der Waals surface area contributed by atoms with E-state index in [1.54, 1.807) is 7.11 Å². The number of anilines is 1. The van der Waals surface area contributed by atoms with Gasteiger partial charge in [0.1, 0.15) is 5.82 Å². The second-order valence-electron chi connectivity index (χ2n) is 5.68. The van der Waals surface area contributed by atoms with Crippen LogP contribution in [0.2, 0.25) is 0 Å². The van der Waals surface area contributed by atoms with Crippen LogP contribution >= 0.6 is 0 Å². The zero-order valence-electron chi connectivity index (χ0n) is 12.6. The van der Waals surface area contributed by atoms with E-state index in [1.807, 2.05) is 19.1 Å². The van der Waals surface area contributed by atoms with Gasteiger partial charge < -0.3 is 10.1 Å². The minimum atomic E-state index is 0.436. The van der Waals surface area contributed by atoms with Gasteiger partial charge in [0.25, 0.3) is 0 Å². The zero-order valence-corrected chi connectivity index (χ0v) is 12.6. The SMILES string of the molecule is COC1CCC(Nc2cccc(-c3n[nH]c(C)n3)c2)CC1. The lowest BCUT2D eigenvalue weighted by atomic mass is 9.93. The number of aromatic nitrogens is 3. The molecule has 0 aliphatic heterocycles. The number of aryl methyl sites for hydroxylation is 1. The summed E-state index contributed by atoms with van der Waals surface area (Å²) in [7, 11) is 1.81. The first-order valence-electron chi connectivity index (χ1n) is 7.53. The summed E-state index contributed by atoms with van der Waals surface area (Å²) in [6.45, 7) is 1.91. The van der Waals surface area contributed by atoms with Crippen LogP contribution in [0.25, 0.3) is 11.4 Å². The summed E-state index contributed by atoms with van der Waals surface area (Å²) in [6.07, 6.45) is 5.01. The van der Waals surface area contributed by atoms with Crippen LogP contribution in [0.3, 0.4) is 0 Å². The summed E-state index contributed by atoms with van der Waals surface area (Å²) < 4.78 is 5.42. The molecule has 5 heteroatoms. The van der Waals surface area contributed by atoms with Crippen molar-refractivity contribution in [2.75, 3.05) is 12.4 Å². The average molecular weight is 286 g/mol. The fourth-order valence-electron chi connectivity index (χ4n) is 2.90. The molecule has 1 aliphatic carbocycles. The summed E-state index contributed by atoms with van der Waals surface area (Å²) in [5.74, 6) is 1.58. The molecule has 0 spiro atoms. The molecule has 0 amide bonds. The van der Waals surface area contributed by atoms with Gasteiger partial charge in [-0.05, 0) is 44.7 Å². The molecule has 0 bridgehead atoms. The highest BCUT2D eigenvalue weighted by Gasteiger charge is 2.20. The minimum Gasteiger partial charge on any atom is -0.382 e. The lowest BCUT2D eigenvalue weighted by Crippen LogP contribution is -2.29. The summed E-state index contributed by atoms with van der Waals surface area (Å²) in [5.41, 5.74) is 2.17. The van der Waals surface area contributed by atoms with Crippen molar-refractivity contribution < 1.29 is 4.74 Å². The third-order valence-corrected chi connectivity index (χ3v) is 4.10. The van der Waals surface area contributed by atoms with Gasteiger partial charge in [0, 0.05) is 24.4 Å². The van der Waals surface area contributed by atoms with E-state index in [0.717, 1.165) is 48.6 Å². The molecule has 1 saturated carbocycles. The molecule has 0 atom stereocenters. The monoisotopic (exact) mass is 286 g/mol. The van der Waals surface area contributed by atoms with Crippen LogP contribution in [-0.4, -0.2) is 34.4 Å². The standard InChI is InChI=1S/C16H22N4O/c1-11-17-16(20-19-11)12-4-3-5-14(10-12)18-13-6-8-15(21-2)9-7-13/h3-5,10,13,15,18H,6-9H2,1-2H3,(H,17,19,20). The van der Waals surface area contributed by atoms with Crippen LogP contribution in [0.1, 0.15) is 31.5 Å². The van der Waals surface area contributed by atoms with Crippen molar-refractivity contribution >= 4 is 5.69 Å². The van der Waals surface area contributed by atoms with E-state index < -0.39 is 0 Å². The fraction of sp³-hybridized carbons (Fsp3) is 0.500. The number of H-pyrrole nitrogens is 1. The van der Waals surface area contributed by atoms with Gasteiger partial charge in [-0.15, -0.1) is 0 Å². The first kappa shape index (κ1) is 14.1. The predicted octanol–water partition coefficient (Wildman–Crippen LogP) is 3.15. The molecule has 3 rings (SSSR count). The smallest absolute Gasteiger partial charge is 0.181 e. The maximum Gasteiger partial charge on any atom is 0.181 e. The second kappa shape index (κ2) is 6.26. The van der Waals surface area contributed by atoms with Crippen molar-refractivity contribution in [2.24, 2.45) is 0 Å². The number of aromatic amines is 1. The number of hydrogen-bond acceptors (Lipinski definition) is 4. The number of nitrogens with one attached hydrogen (secondary N) is 2. The molecule has 5 nitrogen and oxygen atoms in total. The Balaban J connectivity index is 1.66. The van der Waals surface area contributed by atoms with Crippen molar-refractivity contribution in [3.8, 4) is 11.4 Å². The summed E-state index contributed by atoms with van der Waals surface area (Å²) >= 11 is 0. The Bertz CT molecular complexity index is 587. The lowest BCUT2D eigenvalue weighted by molar-refractivity contribution is 0.0682. The molecule has 1 heterocycles. The molecule has 0 saturated heterocycles. The van der Waals surface area contributed by atoms with Gasteiger partial charge >= 0.3 is 0 Å². The first-order valence-corrected chi connectivity index (χ1v) is 7.53. The number of ether oxygens (including phenoxy) is 1. The second-order valence-corrected chi connectivity index (χ2v) is 5.68. The Labute approximate surface area is 125 Å². The quantitative estimate of drug-likeness (QED) is 0.906. The summed E-state index contributed by atoms with van der Waals surface area (Å²) in [5, 5.41) is 10.7. The number of benzene rings is 1. The van der Waals surface area contributed by atoms with E-state index >= 15 is 0 Å². The molecule has 112 valence electrons. The molecular weight excluding hydrogens is 264 g/mol. The van der Waals surface area contributed by atoms with Gasteiger partial charge in [0.2, 0.25) is 0 Å². The Morgan fingerprint density at radius 2 is 2.05 bits per heavy atom. The largest absolute Gasteiger partial charge is 0.382 e. The van der Waals surface area contributed by atoms with Crippen molar-refractivity contribution in [1.29, 1.82) is 0 Å². The van der Waals surface area contributed by atoms with E-state index in [0.29, 0.717) is 12.1 Å². The van der Waals surface area contributed by atoms with Crippen molar-refractivity contribution in [1.82, 2.24) is 15.2 Å². The summed E-state index contributed by atoms with van der Waals surface area (Å²) in [4.78, 5) is 4.38. The van der Waals surface area contributed by atoms with E-state index in [-0.39, 0.29) is 0 Å². The van der Waals surface area contributed by atoms with Crippen molar-refractivity contribution in [3.05, 3.63) is 30.1 Å². The molecule has 0 unspecified atom stereocenters. The molecule has 1 aromatic carbocycles. The molecule has 2 aromatic rings. The molecular formula is C16H22N4O. The van der Waals surface area contributed by atoms with Crippen LogP contribution < -0.4 is 5.32 Å². The van der Waals surface area contributed by atoms with Crippen LogP contribution in [0.5, 0.6) is 0 Å². The Hall–Kier alpha value is -1.88. The number of methoxy groups -OCH3 is 1.